The van der Waals surface area contributed by atoms with E-state index in [0.29, 0.717) is 12.8 Å². The van der Waals surface area contributed by atoms with Gasteiger partial charge in [0.1, 0.15) is 0 Å². The van der Waals surface area contributed by atoms with Crippen LogP contribution in [0.4, 0.5) is 0 Å². The first kappa shape index (κ1) is 73.1. The van der Waals surface area contributed by atoms with Crippen LogP contribution in [0.5, 0.6) is 0 Å². The third kappa shape index (κ3) is 62.0. The number of allylic oxidation sites excluding steroid dienone is 2. The summed E-state index contributed by atoms with van der Waals surface area (Å²) >= 11 is 0. The fourth-order valence-corrected chi connectivity index (χ4v) is 11.5. The molecule has 1 amide bonds. The maximum Gasteiger partial charge on any atom is 0.220 e. The Morgan fingerprint density at radius 3 is 0.743 bits per heavy atom. The summed E-state index contributed by atoms with van der Waals surface area (Å²) in [5.41, 5.74) is 0. The van der Waals surface area contributed by atoms with Crippen LogP contribution >= 0.6 is 0 Å². The quantitative estimate of drug-likeness (QED) is 0.0420. The maximum atomic E-state index is 12.6. The number of hydrogen-bond donors (Lipinski definition) is 3. The van der Waals surface area contributed by atoms with E-state index in [2.05, 4.69) is 31.3 Å². The minimum atomic E-state index is -0.657. The van der Waals surface area contributed by atoms with Gasteiger partial charge in [0.05, 0.1) is 18.8 Å². The van der Waals surface area contributed by atoms with E-state index in [1.54, 1.807) is 0 Å². The Kier molecular flexibility index (Phi) is 65.6. The highest BCUT2D eigenvalue weighted by Crippen LogP contribution is 2.20. The molecule has 0 spiro atoms. The Balaban J connectivity index is 3.36. The van der Waals surface area contributed by atoms with Gasteiger partial charge in [0, 0.05) is 6.42 Å². The van der Waals surface area contributed by atoms with Crippen LogP contribution in [0.15, 0.2) is 12.2 Å². The van der Waals surface area contributed by atoms with Crippen molar-refractivity contribution in [1.29, 1.82) is 0 Å². The van der Waals surface area contributed by atoms with Crippen molar-refractivity contribution < 1.29 is 15.0 Å². The van der Waals surface area contributed by atoms with Gasteiger partial charge in [-0.05, 0) is 38.5 Å². The van der Waals surface area contributed by atoms with Gasteiger partial charge in [0.2, 0.25) is 5.91 Å². The van der Waals surface area contributed by atoms with Gasteiger partial charge in [-0.15, -0.1) is 0 Å². The largest absolute Gasteiger partial charge is 0.394 e. The summed E-state index contributed by atoms with van der Waals surface area (Å²) < 4.78 is 0. The SMILES string of the molecule is CCCCCCCCCC/C=C\CCCCCCCCCCCCCCCCCCCCCCCCCCCC(=O)NC(CO)C(O)CCCCCCCCCCCCCCCCCCCCCCCCCCC. The standard InChI is InChI=1S/C70H139NO3/c1-3-5-7-9-11-13-15-17-19-21-23-25-27-29-30-31-32-33-34-35-36-37-38-39-40-42-44-46-48-50-52-54-56-58-60-62-64-66-70(74)71-68(67-72)69(73)65-63-61-59-57-55-53-51-49-47-45-43-41-28-26-24-22-20-18-16-14-12-10-8-6-4-2/h21,23,68-69,72-73H,3-20,22,24-67H2,1-2H3,(H,71,74)/b23-21-. The lowest BCUT2D eigenvalue weighted by atomic mass is 10.0. The van der Waals surface area contributed by atoms with Crippen LogP contribution in [0.3, 0.4) is 0 Å². The lowest BCUT2D eigenvalue weighted by Gasteiger charge is -2.22. The van der Waals surface area contributed by atoms with Gasteiger partial charge >= 0.3 is 0 Å². The molecule has 2 unspecified atom stereocenters. The number of rotatable bonds is 66. The van der Waals surface area contributed by atoms with E-state index in [1.165, 1.54) is 360 Å². The molecule has 4 nitrogen and oxygen atoms in total. The van der Waals surface area contributed by atoms with Crippen LogP contribution in [-0.4, -0.2) is 34.9 Å². The second-order valence-corrected chi connectivity index (χ2v) is 24.3. The molecule has 2 atom stereocenters. The van der Waals surface area contributed by atoms with Crippen molar-refractivity contribution in [2.24, 2.45) is 0 Å². The van der Waals surface area contributed by atoms with Gasteiger partial charge in [0.15, 0.2) is 0 Å². The Labute approximate surface area is 467 Å². The molecule has 0 saturated heterocycles. The number of carbonyl (C=O) groups excluding carboxylic acids is 1. The number of aliphatic hydroxyl groups is 2. The molecule has 74 heavy (non-hydrogen) atoms. The van der Waals surface area contributed by atoms with Crippen LogP contribution in [0.25, 0.3) is 0 Å². The van der Waals surface area contributed by atoms with E-state index < -0.39 is 12.1 Å². The fourth-order valence-electron chi connectivity index (χ4n) is 11.5. The van der Waals surface area contributed by atoms with Gasteiger partial charge in [0.25, 0.3) is 0 Å². The van der Waals surface area contributed by atoms with Crippen LogP contribution in [0.1, 0.15) is 412 Å². The van der Waals surface area contributed by atoms with E-state index in [-0.39, 0.29) is 12.5 Å². The minimum absolute atomic E-state index is 0.0204. The number of unbranched alkanes of at least 4 members (excludes halogenated alkanes) is 57. The van der Waals surface area contributed by atoms with E-state index in [9.17, 15) is 15.0 Å². The molecule has 0 bridgehead atoms. The van der Waals surface area contributed by atoms with Gasteiger partial charge in [-0.25, -0.2) is 0 Å². The van der Waals surface area contributed by atoms with Crippen molar-refractivity contribution >= 4 is 5.91 Å². The van der Waals surface area contributed by atoms with E-state index in [4.69, 9.17) is 0 Å². The fraction of sp³-hybridized carbons (Fsp3) is 0.957. The van der Waals surface area contributed by atoms with Crippen LogP contribution in [-0.2, 0) is 4.79 Å². The van der Waals surface area contributed by atoms with Crippen LogP contribution in [0.2, 0.25) is 0 Å². The van der Waals surface area contributed by atoms with E-state index in [1.807, 2.05) is 0 Å². The summed E-state index contributed by atoms with van der Waals surface area (Å²) in [5.74, 6) is -0.0204. The van der Waals surface area contributed by atoms with Crippen molar-refractivity contribution in [2.45, 2.75) is 424 Å². The molecule has 4 heteroatoms. The first-order valence-corrected chi connectivity index (χ1v) is 34.9. The number of carbonyl (C=O) groups is 1. The first-order chi connectivity index (χ1) is 36.7. The molecule has 0 aromatic carbocycles. The molecule has 0 aromatic rings. The normalized spacial score (nSPS) is 12.6. The van der Waals surface area contributed by atoms with Gasteiger partial charge in [-0.3, -0.25) is 4.79 Å². The van der Waals surface area contributed by atoms with Crippen LogP contribution < -0.4 is 5.32 Å². The van der Waals surface area contributed by atoms with Crippen LogP contribution in [0, 0.1) is 0 Å². The number of amides is 1. The van der Waals surface area contributed by atoms with E-state index in [0.717, 1.165) is 25.7 Å². The molecule has 0 heterocycles. The van der Waals surface area contributed by atoms with Gasteiger partial charge in [-0.2, -0.15) is 0 Å². The van der Waals surface area contributed by atoms with Gasteiger partial charge in [-0.1, -0.05) is 379 Å². The smallest absolute Gasteiger partial charge is 0.220 e. The zero-order chi connectivity index (χ0) is 53.4. The van der Waals surface area contributed by atoms with Crippen molar-refractivity contribution in [3.8, 4) is 0 Å². The third-order valence-corrected chi connectivity index (χ3v) is 16.8. The Morgan fingerprint density at radius 1 is 0.311 bits per heavy atom. The first-order valence-electron chi connectivity index (χ1n) is 34.9. The molecule has 0 fully saturated rings. The average molecular weight is 1040 g/mol. The van der Waals surface area contributed by atoms with Crippen molar-refractivity contribution in [3.63, 3.8) is 0 Å². The minimum Gasteiger partial charge on any atom is -0.394 e. The summed E-state index contributed by atoms with van der Waals surface area (Å²) in [4.78, 5) is 12.6. The second kappa shape index (κ2) is 66.4. The average Bonchev–Trinajstić information content (AvgIpc) is 3.40. The topological polar surface area (TPSA) is 69.6 Å². The zero-order valence-corrected chi connectivity index (χ0v) is 51.2. The lowest BCUT2D eigenvalue weighted by molar-refractivity contribution is -0.123. The molecule has 0 radical (unpaired) electrons. The van der Waals surface area contributed by atoms with Gasteiger partial charge < -0.3 is 15.5 Å². The predicted octanol–water partition coefficient (Wildman–Crippen LogP) is 23.6. The Hall–Kier alpha value is -0.870. The molecule has 0 rings (SSSR count). The predicted molar refractivity (Wildman–Crippen MR) is 332 cm³/mol. The summed E-state index contributed by atoms with van der Waals surface area (Å²) in [6.45, 7) is 4.41. The molecular formula is C70H139NO3. The Morgan fingerprint density at radius 2 is 0.514 bits per heavy atom. The lowest BCUT2D eigenvalue weighted by Crippen LogP contribution is -2.45. The summed E-state index contributed by atoms with van der Waals surface area (Å²) in [6.07, 6.45) is 88.5. The molecule has 442 valence electrons. The molecule has 0 aliphatic carbocycles. The van der Waals surface area contributed by atoms with Crippen molar-refractivity contribution in [3.05, 3.63) is 12.2 Å². The number of nitrogens with one attached hydrogen (secondary N) is 1. The highest BCUT2D eigenvalue weighted by atomic mass is 16.3. The highest BCUT2D eigenvalue weighted by molar-refractivity contribution is 5.76. The van der Waals surface area contributed by atoms with Crippen molar-refractivity contribution in [1.82, 2.24) is 5.32 Å². The van der Waals surface area contributed by atoms with E-state index >= 15 is 0 Å². The molecule has 0 saturated carbocycles. The highest BCUT2D eigenvalue weighted by Gasteiger charge is 2.20. The Bertz CT molecular complexity index is 1040. The van der Waals surface area contributed by atoms with Crippen molar-refractivity contribution in [2.75, 3.05) is 6.61 Å². The molecular weight excluding hydrogens is 903 g/mol. The molecule has 3 N–H and O–H groups in total. The summed E-state index contributed by atoms with van der Waals surface area (Å²) in [7, 11) is 0. The molecule has 0 aliphatic rings. The third-order valence-electron chi connectivity index (χ3n) is 16.8. The zero-order valence-electron chi connectivity index (χ0n) is 51.2. The number of aliphatic hydroxyl groups excluding tert-OH is 2. The maximum absolute atomic E-state index is 12.6. The second-order valence-electron chi connectivity index (χ2n) is 24.3. The monoisotopic (exact) mass is 1040 g/mol. The summed E-state index contributed by atoms with van der Waals surface area (Å²) in [5, 5.41) is 23.5. The molecule has 0 aliphatic heterocycles. The molecule has 0 aromatic heterocycles. The number of hydrogen-bond acceptors (Lipinski definition) is 3. The summed E-state index contributed by atoms with van der Waals surface area (Å²) in [6, 6.07) is -0.534.